The van der Waals surface area contributed by atoms with Crippen LogP contribution in [0, 0.1) is 5.92 Å². The van der Waals surface area contributed by atoms with Gasteiger partial charge in [0.15, 0.2) is 0 Å². The molecule has 1 aliphatic carbocycles. The van der Waals surface area contributed by atoms with Gasteiger partial charge in [0.2, 0.25) is 0 Å². The molecule has 2 aliphatic rings. The highest BCUT2D eigenvalue weighted by Gasteiger charge is 2.17. The third kappa shape index (κ3) is 4.06. The lowest BCUT2D eigenvalue weighted by atomic mass is 10.0. The van der Waals surface area contributed by atoms with Gasteiger partial charge in [0.1, 0.15) is 0 Å². The Morgan fingerprint density at radius 2 is 1.88 bits per heavy atom. The van der Waals surface area contributed by atoms with Crippen LogP contribution in [0.1, 0.15) is 51.9 Å². The molecule has 0 aromatic rings. The highest BCUT2D eigenvalue weighted by molar-refractivity contribution is 4.73. The molecule has 1 heterocycles. The maximum atomic E-state index is 3.58. The van der Waals surface area contributed by atoms with E-state index in [4.69, 9.17) is 0 Å². The Morgan fingerprint density at radius 1 is 1.06 bits per heavy atom. The van der Waals surface area contributed by atoms with E-state index in [1.54, 1.807) is 0 Å². The SMILES string of the molecule is CC1CCN(CCC2CCCC2)CCCN1. The molecule has 1 saturated carbocycles. The predicted octanol–water partition coefficient (Wildman–Crippen LogP) is 2.64. The van der Waals surface area contributed by atoms with Crippen molar-refractivity contribution in [3.63, 3.8) is 0 Å². The van der Waals surface area contributed by atoms with Gasteiger partial charge in [0.25, 0.3) is 0 Å². The molecule has 0 radical (unpaired) electrons. The zero-order chi connectivity index (χ0) is 11.2. The second kappa shape index (κ2) is 6.61. The van der Waals surface area contributed by atoms with Gasteiger partial charge in [-0.25, -0.2) is 0 Å². The molecule has 1 unspecified atom stereocenters. The van der Waals surface area contributed by atoms with Crippen LogP contribution in [-0.4, -0.2) is 37.1 Å². The third-order valence-corrected chi connectivity index (χ3v) is 4.35. The Hall–Kier alpha value is -0.0800. The first-order valence-corrected chi connectivity index (χ1v) is 7.30. The molecule has 94 valence electrons. The summed E-state index contributed by atoms with van der Waals surface area (Å²) in [6.45, 7) is 7.51. The van der Waals surface area contributed by atoms with Crippen molar-refractivity contribution >= 4 is 0 Å². The van der Waals surface area contributed by atoms with Crippen LogP contribution < -0.4 is 5.32 Å². The van der Waals surface area contributed by atoms with Crippen molar-refractivity contribution in [3.05, 3.63) is 0 Å². The Kier molecular flexibility index (Phi) is 5.11. The molecule has 16 heavy (non-hydrogen) atoms. The fraction of sp³-hybridized carbons (Fsp3) is 1.00. The molecule has 0 aromatic heterocycles. The van der Waals surface area contributed by atoms with Crippen LogP contribution in [0.5, 0.6) is 0 Å². The van der Waals surface area contributed by atoms with Gasteiger partial charge in [-0.3, -0.25) is 0 Å². The molecule has 2 heteroatoms. The van der Waals surface area contributed by atoms with Crippen molar-refractivity contribution in [1.29, 1.82) is 0 Å². The molecule has 1 aliphatic heterocycles. The third-order valence-electron chi connectivity index (χ3n) is 4.35. The van der Waals surface area contributed by atoms with Gasteiger partial charge in [-0.2, -0.15) is 0 Å². The lowest BCUT2D eigenvalue weighted by Gasteiger charge is -2.28. The summed E-state index contributed by atoms with van der Waals surface area (Å²) in [6, 6.07) is 0.717. The van der Waals surface area contributed by atoms with Crippen LogP contribution in [0.3, 0.4) is 0 Å². The van der Waals surface area contributed by atoms with Gasteiger partial charge in [0, 0.05) is 6.04 Å². The highest BCUT2D eigenvalue weighted by Crippen LogP contribution is 2.27. The Balaban J connectivity index is 1.66. The molecular weight excluding hydrogens is 196 g/mol. The lowest BCUT2D eigenvalue weighted by Crippen LogP contribution is -2.39. The fourth-order valence-corrected chi connectivity index (χ4v) is 3.13. The minimum absolute atomic E-state index is 0.717. The molecule has 0 aromatic carbocycles. The minimum Gasteiger partial charge on any atom is -0.314 e. The molecule has 2 nitrogen and oxygen atoms in total. The second-order valence-electron chi connectivity index (χ2n) is 5.78. The van der Waals surface area contributed by atoms with Crippen LogP contribution in [0.15, 0.2) is 0 Å². The first kappa shape index (κ1) is 12.4. The Morgan fingerprint density at radius 3 is 2.69 bits per heavy atom. The van der Waals surface area contributed by atoms with E-state index in [-0.39, 0.29) is 0 Å². The zero-order valence-corrected chi connectivity index (χ0v) is 10.9. The van der Waals surface area contributed by atoms with Crippen LogP contribution >= 0.6 is 0 Å². The minimum atomic E-state index is 0.717. The van der Waals surface area contributed by atoms with Crippen LogP contribution in [0.25, 0.3) is 0 Å². The average Bonchev–Trinajstić information content (AvgIpc) is 2.76. The summed E-state index contributed by atoms with van der Waals surface area (Å²) < 4.78 is 0. The second-order valence-corrected chi connectivity index (χ2v) is 5.78. The van der Waals surface area contributed by atoms with Crippen molar-refractivity contribution in [3.8, 4) is 0 Å². The van der Waals surface area contributed by atoms with E-state index >= 15 is 0 Å². The van der Waals surface area contributed by atoms with Crippen molar-refractivity contribution in [2.24, 2.45) is 5.92 Å². The van der Waals surface area contributed by atoms with Gasteiger partial charge in [-0.15, -0.1) is 0 Å². The van der Waals surface area contributed by atoms with Gasteiger partial charge >= 0.3 is 0 Å². The summed E-state index contributed by atoms with van der Waals surface area (Å²) in [6.07, 6.45) is 10.1. The van der Waals surface area contributed by atoms with Crippen molar-refractivity contribution in [1.82, 2.24) is 10.2 Å². The van der Waals surface area contributed by atoms with Crippen molar-refractivity contribution in [2.75, 3.05) is 26.2 Å². The van der Waals surface area contributed by atoms with Gasteiger partial charge in [-0.05, 0) is 58.3 Å². The van der Waals surface area contributed by atoms with Gasteiger partial charge < -0.3 is 10.2 Å². The topological polar surface area (TPSA) is 15.3 Å². The molecule has 1 saturated heterocycles. The smallest absolute Gasteiger partial charge is 0.00509 e. The van der Waals surface area contributed by atoms with Crippen LogP contribution in [0.4, 0.5) is 0 Å². The molecule has 0 amide bonds. The van der Waals surface area contributed by atoms with Crippen LogP contribution in [-0.2, 0) is 0 Å². The van der Waals surface area contributed by atoms with E-state index in [1.165, 1.54) is 71.1 Å². The van der Waals surface area contributed by atoms with E-state index in [1.807, 2.05) is 0 Å². The summed E-state index contributed by atoms with van der Waals surface area (Å²) in [4.78, 5) is 2.70. The molecular formula is C14H28N2. The lowest BCUT2D eigenvalue weighted by molar-refractivity contribution is 0.221. The summed E-state index contributed by atoms with van der Waals surface area (Å²) in [5.41, 5.74) is 0. The van der Waals surface area contributed by atoms with E-state index in [0.29, 0.717) is 6.04 Å². The highest BCUT2D eigenvalue weighted by atomic mass is 15.1. The van der Waals surface area contributed by atoms with E-state index in [9.17, 15) is 0 Å². The normalized spacial score (nSPS) is 30.2. The number of nitrogens with zero attached hydrogens (tertiary/aromatic N) is 1. The summed E-state index contributed by atoms with van der Waals surface area (Å²) in [5, 5.41) is 3.58. The average molecular weight is 224 g/mol. The zero-order valence-electron chi connectivity index (χ0n) is 10.9. The molecule has 1 atom stereocenters. The van der Waals surface area contributed by atoms with E-state index < -0.39 is 0 Å². The number of hydrogen-bond donors (Lipinski definition) is 1. The monoisotopic (exact) mass is 224 g/mol. The van der Waals surface area contributed by atoms with Crippen molar-refractivity contribution in [2.45, 2.75) is 57.9 Å². The molecule has 2 fully saturated rings. The Labute approximate surface area is 101 Å². The van der Waals surface area contributed by atoms with E-state index in [0.717, 1.165) is 5.92 Å². The first-order chi connectivity index (χ1) is 7.84. The van der Waals surface area contributed by atoms with E-state index in [2.05, 4.69) is 17.1 Å². The summed E-state index contributed by atoms with van der Waals surface area (Å²) >= 11 is 0. The molecule has 2 rings (SSSR count). The van der Waals surface area contributed by atoms with Crippen molar-refractivity contribution < 1.29 is 0 Å². The maximum absolute atomic E-state index is 3.58. The van der Waals surface area contributed by atoms with Gasteiger partial charge in [0.05, 0.1) is 0 Å². The summed E-state index contributed by atoms with van der Waals surface area (Å²) in [5.74, 6) is 1.06. The Bertz CT molecular complexity index is 187. The largest absolute Gasteiger partial charge is 0.314 e. The molecule has 0 bridgehead atoms. The van der Waals surface area contributed by atoms with Crippen LogP contribution in [0.2, 0.25) is 0 Å². The maximum Gasteiger partial charge on any atom is 0.00509 e. The molecule has 0 spiro atoms. The molecule has 1 N–H and O–H groups in total. The predicted molar refractivity (Wildman–Crippen MR) is 69.7 cm³/mol. The quantitative estimate of drug-likeness (QED) is 0.793. The first-order valence-electron chi connectivity index (χ1n) is 7.30. The summed E-state index contributed by atoms with van der Waals surface area (Å²) in [7, 11) is 0. The van der Waals surface area contributed by atoms with Gasteiger partial charge in [-0.1, -0.05) is 25.7 Å². The number of nitrogens with one attached hydrogen (secondary N) is 1. The fourth-order valence-electron chi connectivity index (χ4n) is 3.13. The number of hydrogen-bond acceptors (Lipinski definition) is 2. The number of rotatable bonds is 3. The standard InChI is InChI=1S/C14H28N2/c1-13-7-11-16(10-4-9-15-13)12-8-14-5-2-3-6-14/h13-15H,2-12H2,1H3.